The highest BCUT2D eigenvalue weighted by Crippen LogP contribution is 2.20. The van der Waals surface area contributed by atoms with Crippen LogP contribution < -0.4 is 5.73 Å². The maximum absolute atomic E-state index is 5.78. The van der Waals surface area contributed by atoms with Crippen LogP contribution in [0.15, 0.2) is 18.2 Å². The van der Waals surface area contributed by atoms with Crippen molar-refractivity contribution in [3.63, 3.8) is 0 Å². The molecule has 0 amide bonds. The average Bonchev–Trinajstić information content (AvgIpc) is 2.71. The normalized spacial score (nSPS) is 10.6. The Morgan fingerprint density at radius 3 is 2.88 bits per heavy atom. The quantitative estimate of drug-likeness (QED) is 0.793. The number of nitrogen functional groups attached to an aromatic ring is 1. The van der Waals surface area contributed by atoms with E-state index in [0.717, 1.165) is 35.6 Å². The van der Waals surface area contributed by atoms with Crippen molar-refractivity contribution in [3.05, 3.63) is 23.8 Å². The zero-order valence-corrected chi connectivity index (χ0v) is 9.51. The zero-order chi connectivity index (χ0) is 11.5. The van der Waals surface area contributed by atoms with Gasteiger partial charge < -0.3 is 5.73 Å². The van der Waals surface area contributed by atoms with E-state index in [2.05, 4.69) is 22.4 Å². The Kier molecular flexibility index (Phi) is 2.85. The molecule has 0 atom stereocenters. The van der Waals surface area contributed by atoms with Gasteiger partial charge in [0, 0.05) is 17.8 Å². The summed E-state index contributed by atoms with van der Waals surface area (Å²) in [7, 11) is 0. The molecule has 0 aliphatic heterocycles. The molecular formula is C11H15N5. The third-order valence-corrected chi connectivity index (χ3v) is 2.50. The van der Waals surface area contributed by atoms with E-state index in [1.165, 1.54) is 0 Å². The average molecular weight is 217 g/mol. The number of rotatable bonds is 3. The second-order valence-electron chi connectivity index (χ2n) is 3.80. The highest BCUT2D eigenvalue weighted by atomic mass is 15.5. The molecule has 2 N–H and O–H groups in total. The number of nitrogens with two attached hydrogens (primary N) is 1. The molecule has 0 bridgehead atoms. The minimum atomic E-state index is 0.790. The third-order valence-electron chi connectivity index (χ3n) is 2.50. The van der Waals surface area contributed by atoms with Gasteiger partial charge in [0.1, 0.15) is 0 Å². The van der Waals surface area contributed by atoms with Crippen LogP contribution in [-0.4, -0.2) is 20.2 Å². The first-order valence-corrected chi connectivity index (χ1v) is 5.35. The summed E-state index contributed by atoms with van der Waals surface area (Å²) in [6, 6.07) is 5.84. The van der Waals surface area contributed by atoms with Crippen LogP contribution in [0.3, 0.4) is 0 Å². The Balaban J connectivity index is 2.42. The maximum atomic E-state index is 5.78. The lowest BCUT2D eigenvalue weighted by atomic mass is 10.1. The van der Waals surface area contributed by atoms with Crippen molar-refractivity contribution in [2.75, 3.05) is 5.73 Å². The number of hydrogen-bond donors (Lipinski definition) is 1. The van der Waals surface area contributed by atoms with Gasteiger partial charge in [-0.3, -0.25) is 0 Å². The first-order valence-electron chi connectivity index (χ1n) is 5.35. The van der Waals surface area contributed by atoms with Crippen molar-refractivity contribution in [3.8, 4) is 11.4 Å². The molecule has 0 saturated carbocycles. The molecule has 0 saturated heterocycles. The number of nitrogens with zero attached hydrogens (tertiary/aromatic N) is 4. The van der Waals surface area contributed by atoms with Crippen molar-refractivity contribution in [2.24, 2.45) is 0 Å². The first-order chi connectivity index (χ1) is 7.72. The molecule has 16 heavy (non-hydrogen) atoms. The van der Waals surface area contributed by atoms with Crippen LogP contribution in [0.5, 0.6) is 0 Å². The molecule has 1 aromatic heterocycles. The van der Waals surface area contributed by atoms with Gasteiger partial charge in [0.05, 0.1) is 0 Å². The highest BCUT2D eigenvalue weighted by molar-refractivity contribution is 5.61. The molecule has 84 valence electrons. The topological polar surface area (TPSA) is 69.6 Å². The standard InChI is InChI=1S/C11H15N5/c1-3-6-16-11(13-14-15-16)9-4-5-10(12)8(2)7-9/h4-5,7H,3,6,12H2,1-2H3. The molecule has 0 unspecified atom stereocenters. The summed E-state index contributed by atoms with van der Waals surface area (Å²) in [5, 5.41) is 11.7. The van der Waals surface area contributed by atoms with E-state index >= 15 is 0 Å². The summed E-state index contributed by atoms with van der Waals surface area (Å²) in [6.45, 7) is 4.90. The number of anilines is 1. The monoisotopic (exact) mass is 217 g/mol. The molecule has 1 aromatic carbocycles. The Bertz CT molecular complexity index is 489. The highest BCUT2D eigenvalue weighted by Gasteiger charge is 2.08. The van der Waals surface area contributed by atoms with Gasteiger partial charge in [-0.05, 0) is 47.5 Å². The van der Waals surface area contributed by atoms with E-state index in [1.807, 2.05) is 29.8 Å². The predicted octanol–water partition coefficient (Wildman–Crippen LogP) is 1.64. The number of hydrogen-bond acceptors (Lipinski definition) is 4. The Morgan fingerprint density at radius 2 is 2.19 bits per heavy atom. The summed E-state index contributed by atoms with van der Waals surface area (Å²) in [4.78, 5) is 0. The van der Waals surface area contributed by atoms with Crippen LogP contribution in [0, 0.1) is 6.92 Å². The smallest absolute Gasteiger partial charge is 0.182 e. The molecule has 0 radical (unpaired) electrons. The fraction of sp³-hybridized carbons (Fsp3) is 0.364. The van der Waals surface area contributed by atoms with Gasteiger partial charge in [-0.15, -0.1) is 5.10 Å². The Labute approximate surface area is 94.3 Å². The van der Waals surface area contributed by atoms with Gasteiger partial charge in [0.15, 0.2) is 5.82 Å². The fourth-order valence-corrected chi connectivity index (χ4v) is 1.59. The van der Waals surface area contributed by atoms with Gasteiger partial charge in [0.25, 0.3) is 0 Å². The zero-order valence-electron chi connectivity index (χ0n) is 9.51. The predicted molar refractivity (Wildman–Crippen MR) is 62.7 cm³/mol. The minimum Gasteiger partial charge on any atom is -0.399 e. The van der Waals surface area contributed by atoms with Gasteiger partial charge >= 0.3 is 0 Å². The van der Waals surface area contributed by atoms with Gasteiger partial charge in [-0.1, -0.05) is 6.92 Å². The lowest BCUT2D eigenvalue weighted by Gasteiger charge is -2.05. The molecule has 5 nitrogen and oxygen atoms in total. The van der Waals surface area contributed by atoms with Crippen LogP contribution in [0.25, 0.3) is 11.4 Å². The maximum Gasteiger partial charge on any atom is 0.182 e. The minimum absolute atomic E-state index is 0.790. The molecule has 0 spiro atoms. The van der Waals surface area contributed by atoms with Crippen LogP contribution in [0.4, 0.5) is 5.69 Å². The molecule has 2 aromatic rings. The van der Waals surface area contributed by atoms with Gasteiger partial charge in [0.2, 0.25) is 0 Å². The number of aromatic nitrogens is 4. The SMILES string of the molecule is CCCn1nnnc1-c1ccc(N)c(C)c1. The van der Waals surface area contributed by atoms with E-state index in [1.54, 1.807) is 0 Å². The van der Waals surface area contributed by atoms with Gasteiger partial charge in [-0.25, -0.2) is 4.68 Å². The largest absolute Gasteiger partial charge is 0.399 e. The van der Waals surface area contributed by atoms with E-state index in [0.29, 0.717) is 0 Å². The first kappa shape index (κ1) is 10.6. The van der Waals surface area contributed by atoms with Crippen LogP contribution in [0.1, 0.15) is 18.9 Å². The van der Waals surface area contributed by atoms with E-state index in [-0.39, 0.29) is 0 Å². The number of tetrazole rings is 1. The molecular weight excluding hydrogens is 202 g/mol. The second-order valence-corrected chi connectivity index (χ2v) is 3.80. The van der Waals surface area contributed by atoms with Crippen molar-refractivity contribution in [1.29, 1.82) is 0 Å². The lowest BCUT2D eigenvalue weighted by molar-refractivity contribution is 0.583. The van der Waals surface area contributed by atoms with Crippen LogP contribution in [-0.2, 0) is 6.54 Å². The van der Waals surface area contributed by atoms with E-state index in [9.17, 15) is 0 Å². The molecule has 0 fully saturated rings. The summed E-state index contributed by atoms with van der Waals surface area (Å²) < 4.78 is 1.81. The van der Waals surface area contributed by atoms with Gasteiger partial charge in [-0.2, -0.15) is 0 Å². The molecule has 1 heterocycles. The van der Waals surface area contributed by atoms with Crippen molar-refractivity contribution in [1.82, 2.24) is 20.2 Å². The van der Waals surface area contributed by atoms with Crippen LogP contribution >= 0.6 is 0 Å². The Hall–Kier alpha value is -1.91. The molecule has 0 aliphatic rings. The summed E-state index contributed by atoms with van der Waals surface area (Å²) >= 11 is 0. The fourth-order valence-electron chi connectivity index (χ4n) is 1.59. The van der Waals surface area contributed by atoms with Crippen LogP contribution in [0.2, 0.25) is 0 Å². The third kappa shape index (κ3) is 1.88. The summed E-state index contributed by atoms with van der Waals surface area (Å²) in [5.41, 5.74) is 8.62. The van der Waals surface area contributed by atoms with Crippen molar-refractivity contribution < 1.29 is 0 Å². The summed E-state index contributed by atoms with van der Waals surface area (Å²) in [5.74, 6) is 0.796. The lowest BCUT2D eigenvalue weighted by Crippen LogP contribution is -2.02. The molecule has 2 rings (SSSR count). The Morgan fingerprint density at radius 1 is 1.38 bits per heavy atom. The second kappa shape index (κ2) is 4.30. The van der Waals surface area contributed by atoms with Crippen molar-refractivity contribution >= 4 is 5.69 Å². The molecule has 0 aliphatic carbocycles. The molecule has 5 heteroatoms. The van der Waals surface area contributed by atoms with Crippen molar-refractivity contribution in [2.45, 2.75) is 26.8 Å². The van der Waals surface area contributed by atoms with E-state index < -0.39 is 0 Å². The van der Waals surface area contributed by atoms with E-state index in [4.69, 9.17) is 5.73 Å². The number of aryl methyl sites for hydroxylation is 2. The number of benzene rings is 1. The summed E-state index contributed by atoms with van der Waals surface area (Å²) in [6.07, 6.45) is 1.01.